The summed E-state index contributed by atoms with van der Waals surface area (Å²) < 4.78 is 14.2. The lowest BCUT2D eigenvalue weighted by atomic mass is 10.2. The van der Waals surface area contributed by atoms with Crippen molar-refractivity contribution >= 4 is 16.5 Å². The first kappa shape index (κ1) is 19.5. The van der Waals surface area contributed by atoms with Crippen LogP contribution in [0.15, 0.2) is 103 Å². The number of imidazole rings is 1. The fraction of sp³-hybridized carbons (Fsp3) is 0.0909. The van der Waals surface area contributed by atoms with Crippen LogP contribution in [-0.4, -0.2) is 25.8 Å². The lowest BCUT2D eigenvalue weighted by molar-refractivity contribution is 0.671. The predicted molar refractivity (Wildman–Crippen MR) is 114 cm³/mol. The molecule has 0 saturated carbocycles. The van der Waals surface area contributed by atoms with Crippen molar-refractivity contribution < 1.29 is 4.21 Å². The van der Waals surface area contributed by atoms with Crippen molar-refractivity contribution in [1.29, 1.82) is 0 Å². The SMILES string of the molecule is CNc1ccccc1.O=S(Cc1ccccc1)c1nccn1-c1ccccn1. The molecule has 1 unspecified atom stereocenters. The van der Waals surface area contributed by atoms with Crippen LogP contribution in [0.25, 0.3) is 5.82 Å². The maximum atomic E-state index is 12.5. The molecule has 0 bridgehead atoms. The van der Waals surface area contributed by atoms with Crippen LogP contribution in [0.3, 0.4) is 0 Å². The first-order valence-corrected chi connectivity index (χ1v) is 10.2. The van der Waals surface area contributed by atoms with Gasteiger partial charge in [-0.25, -0.2) is 9.97 Å². The van der Waals surface area contributed by atoms with Gasteiger partial charge in [0.1, 0.15) is 5.82 Å². The molecule has 6 heteroatoms. The topological polar surface area (TPSA) is 59.8 Å². The molecule has 0 aliphatic heterocycles. The zero-order chi connectivity index (χ0) is 19.6. The minimum Gasteiger partial charge on any atom is -0.388 e. The second-order valence-electron chi connectivity index (χ2n) is 5.86. The third-order valence-corrected chi connectivity index (χ3v) is 5.21. The molecule has 28 heavy (non-hydrogen) atoms. The van der Waals surface area contributed by atoms with Crippen LogP contribution >= 0.6 is 0 Å². The number of para-hydroxylation sites is 1. The average Bonchev–Trinajstić information content (AvgIpc) is 3.26. The molecule has 0 radical (unpaired) electrons. The molecule has 0 amide bonds. The first-order chi connectivity index (χ1) is 13.8. The Bertz CT molecular complexity index is 989. The third kappa shape index (κ3) is 5.37. The van der Waals surface area contributed by atoms with Gasteiger partial charge in [0.05, 0.1) is 16.6 Å². The molecular weight excluding hydrogens is 368 g/mol. The Balaban J connectivity index is 0.000000236. The van der Waals surface area contributed by atoms with E-state index in [9.17, 15) is 4.21 Å². The fourth-order valence-corrected chi connectivity index (χ4v) is 3.70. The molecule has 2 aromatic heterocycles. The highest BCUT2D eigenvalue weighted by atomic mass is 32.2. The van der Waals surface area contributed by atoms with Crippen LogP contribution < -0.4 is 5.32 Å². The van der Waals surface area contributed by atoms with Crippen molar-refractivity contribution in [3.05, 3.63) is 103 Å². The summed E-state index contributed by atoms with van der Waals surface area (Å²) >= 11 is 0. The summed E-state index contributed by atoms with van der Waals surface area (Å²) in [6.45, 7) is 0. The minimum absolute atomic E-state index is 0.449. The van der Waals surface area contributed by atoms with Crippen LogP contribution in [0.2, 0.25) is 0 Å². The number of nitrogens with one attached hydrogen (secondary N) is 1. The Labute approximate surface area is 167 Å². The zero-order valence-electron chi connectivity index (χ0n) is 15.6. The molecule has 4 aromatic rings. The van der Waals surface area contributed by atoms with E-state index in [0.717, 1.165) is 17.1 Å². The summed E-state index contributed by atoms with van der Waals surface area (Å²) in [7, 11) is 0.709. The quantitative estimate of drug-likeness (QED) is 0.552. The fourth-order valence-electron chi connectivity index (χ4n) is 2.52. The summed E-state index contributed by atoms with van der Waals surface area (Å²) in [6.07, 6.45) is 5.13. The molecule has 1 N–H and O–H groups in total. The van der Waals surface area contributed by atoms with E-state index in [1.165, 1.54) is 0 Å². The molecule has 5 nitrogen and oxygen atoms in total. The lowest BCUT2D eigenvalue weighted by Gasteiger charge is -2.06. The molecular formula is C22H22N4OS. The van der Waals surface area contributed by atoms with Gasteiger partial charge in [-0.2, -0.15) is 0 Å². The van der Waals surface area contributed by atoms with Crippen LogP contribution in [-0.2, 0) is 16.6 Å². The van der Waals surface area contributed by atoms with Gasteiger partial charge in [0, 0.05) is 31.3 Å². The molecule has 0 spiro atoms. The number of pyridine rings is 1. The van der Waals surface area contributed by atoms with E-state index in [1.54, 1.807) is 23.2 Å². The lowest BCUT2D eigenvalue weighted by Crippen LogP contribution is -2.06. The number of aromatic nitrogens is 3. The molecule has 0 fully saturated rings. The normalized spacial score (nSPS) is 11.2. The molecule has 4 rings (SSSR count). The highest BCUT2D eigenvalue weighted by molar-refractivity contribution is 7.84. The molecule has 0 aliphatic carbocycles. The maximum absolute atomic E-state index is 12.5. The largest absolute Gasteiger partial charge is 0.388 e. The molecule has 2 heterocycles. The van der Waals surface area contributed by atoms with Crippen molar-refractivity contribution in [3.8, 4) is 5.82 Å². The van der Waals surface area contributed by atoms with Gasteiger partial charge in [0.25, 0.3) is 0 Å². The van der Waals surface area contributed by atoms with Crippen molar-refractivity contribution in [2.45, 2.75) is 10.9 Å². The number of rotatable bonds is 5. The summed E-state index contributed by atoms with van der Waals surface area (Å²) in [6, 6.07) is 25.4. The molecule has 0 aliphatic rings. The second kappa shape index (κ2) is 10.2. The number of anilines is 1. The zero-order valence-corrected chi connectivity index (χ0v) is 16.4. The van der Waals surface area contributed by atoms with E-state index in [1.807, 2.05) is 85.9 Å². The molecule has 1 atom stereocenters. The molecule has 0 saturated heterocycles. The summed E-state index contributed by atoms with van der Waals surface area (Å²) in [4.78, 5) is 8.47. The predicted octanol–water partition coefficient (Wildman–Crippen LogP) is 4.30. The Morgan fingerprint density at radius 1 is 0.857 bits per heavy atom. The van der Waals surface area contributed by atoms with Gasteiger partial charge in [0.15, 0.2) is 0 Å². The van der Waals surface area contributed by atoms with E-state index < -0.39 is 10.8 Å². The first-order valence-electron chi connectivity index (χ1n) is 8.88. The Kier molecular flexibility index (Phi) is 7.09. The smallest absolute Gasteiger partial charge is 0.205 e. The third-order valence-electron chi connectivity index (χ3n) is 3.91. The Morgan fingerprint density at radius 3 is 2.14 bits per heavy atom. The standard InChI is InChI=1S/C15H13N3OS.C7H9N/c19-20(12-13-6-2-1-3-7-13)15-17-10-11-18(15)14-8-4-5-9-16-14;1-8-7-5-3-2-4-6-7/h1-11H,12H2;2-6,8H,1H3. The summed E-state index contributed by atoms with van der Waals surface area (Å²) in [5.41, 5.74) is 2.19. The molecule has 142 valence electrons. The van der Waals surface area contributed by atoms with Crippen molar-refractivity contribution in [3.63, 3.8) is 0 Å². The average molecular weight is 391 g/mol. The Hall–Kier alpha value is -3.25. The number of benzene rings is 2. The second-order valence-corrected chi connectivity index (χ2v) is 7.20. The highest BCUT2D eigenvalue weighted by Gasteiger charge is 2.13. The highest BCUT2D eigenvalue weighted by Crippen LogP contribution is 2.14. The van der Waals surface area contributed by atoms with Crippen LogP contribution in [0.4, 0.5) is 5.69 Å². The van der Waals surface area contributed by atoms with Gasteiger partial charge in [0.2, 0.25) is 5.16 Å². The van der Waals surface area contributed by atoms with Crippen LogP contribution in [0.5, 0.6) is 0 Å². The van der Waals surface area contributed by atoms with Crippen molar-refractivity contribution in [1.82, 2.24) is 14.5 Å². The molecule has 2 aromatic carbocycles. The van der Waals surface area contributed by atoms with Gasteiger partial charge in [-0.1, -0.05) is 54.6 Å². The van der Waals surface area contributed by atoms with Crippen LogP contribution in [0.1, 0.15) is 5.56 Å². The van der Waals surface area contributed by atoms with E-state index >= 15 is 0 Å². The van der Waals surface area contributed by atoms with Gasteiger partial charge < -0.3 is 5.32 Å². The van der Waals surface area contributed by atoms with E-state index in [4.69, 9.17) is 0 Å². The summed E-state index contributed by atoms with van der Waals surface area (Å²) in [5.74, 6) is 1.17. The van der Waals surface area contributed by atoms with Gasteiger partial charge in [-0.15, -0.1) is 0 Å². The monoisotopic (exact) mass is 390 g/mol. The van der Waals surface area contributed by atoms with Crippen molar-refractivity contribution in [2.75, 3.05) is 12.4 Å². The van der Waals surface area contributed by atoms with Crippen LogP contribution in [0, 0.1) is 0 Å². The number of hydrogen-bond acceptors (Lipinski definition) is 4. The van der Waals surface area contributed by atoms with E-state index in [-0.39, 0.29) is 0 Å². The summed E-state index contributed by atoms with van der Waals surface area (Å²) in [5, 5.41) is 3.55. The maximum Gasteiger partial charge on any atom is 0.205 e. The minimum atomic E-state index is -1.20. The van der Waals surface area contributed by atoms with Gasteiger partial charge in [-0.3, -0.25) is 8.78 Å². The number of hydrogen-bond donors (Lipinski definition) is 1. The van der Waals surface area contributed by atoms with Gasteiger partial charge >= 0.3 is 0 Å². The van der Waals surface area contributed by atoms with E-state index in [2.05, 4.69) is 15.3 Å². The van der Waals surface area contributed by atoms with Gasteiger partial charge in [-0.05, 0) is 29.8 Å². The van der Waals surface area contributed by atoms with Crippen molar-refractivity contribution in [2.24, 2.45) is 0 Å². The Morgan fingerprint density at radius 2 is 1.54 bits per heavy atom. The number of nitrogens with zero attached hydrogens (tertiary/aromatic N) is 3. The van der Waals surface area contributed by atoms with E-state index in [0.29, 0.717) is 10.9 Å².